The van der Waals surface area contributed by atoms with Crippen molar-refractivity contribution in [3.8, 4) is 5.75 Å². The number of benzene rings is 2. The molecule has 0 aliphatic carbocycles. The molecule has 1 N–H and O–H groups in total. The first kappa shape index (κ1) is 23.6. The molecule has 0 aromatic heterocycles. The van der Waals surface area contributed by atoms with Crippen molar-refractivity contribution < 1.29 is 32.4 Å². The molecule has 31 heavy (non-hydrogen) atoms. The van der Waals surface area contributed by atoms with Crippen molar-refractivity contribution in [1.82, 2.24) is 4.90 Å². The predicted molar refractivity (Wildman–Crippen MR) is 106 cm³/mol. The highest BCUT2D eigenvalue weighted by molar-refractivity contribution is 6.00. The molecule has 11 heteroatoms. The number of rotatable bonds is 8. The first-order valence-corrected chi connectivity index (χ1v) is 9.25. The van der Waals surface area contributed by atoms with E-state index in [0.29, 0.717) is 0 Å². The maximum atomic E-state index is 13.1. The molecule has 0 spiro atoms. The highest BCUT2D eigenvalue weighted by atomic mass is 19.4. The van der Waals surface area contributed by atoms with Crippen LogP contribution in [-0.2, 0) is 11.0 Å². The lowest BCUT2D eigenvalue weighted by Crippen LogP contribution is -2.38. The number of halogens is 3. The van der Waals surface area contributed by atoms with Crippen molar-refractivity contribution in [2.75, 3.05) is 25.0 Å². The topological polar surface area (TPSA) is 102 Å². The minimum Gasteiger partial charge on any atom is -0.487 e. The van der Waals surface area contributed by atoms with Crippen LogP contribution in [-0.4, -0.2) is 41.3 Å². The molecule has 0 aliphatic rings. The smallest absolute Gasteiger partial charge is 0.418 e. The van der Waals surface area contributed by atoms with Gasteiger partial charge in [-0.25, -0.2) is 0 Å². The zero-order chi connectivity index (χ0) is 23.2. The van der Waals surface area contributed by atoms with Crippen LogP contribution in [0, 0.1) is 10.1 Å². The lowest BCUT2D eigenvalue weighted by Gasteiger charge is -2.21. The number of nitro benzene ring substituents is 1. The normalized spacial score (nSPS) is 11.0. The number of carbonyl (C=O) groups is 2. The SMILES string of the molecule is CCOc1ccc(C(=O)N(CC)CC(=O)Nc2ccccc2C(F)(F)F)cc1[N+](=O)[O-]. The number of hydrogen-bond donors (Lipinski definition) is 1. The van der Waals surface area contributed by atoms with Gasteiger partial charge in [-0.3, -0.25) is 19.7 Å². The van der Waals surface area contributed by atoms with Crippen LogP contribution in [0.3, 0.4) is 0 Å². The van der Waals surface area contributed by atoms with Crippen LogP contribution >= 0.6 is 0 Å². The zero-order valence-electron chi connectivity index (χ0n) is 16.7. The first-order valence-electron chi connectivity index (χ1n) is 9.25. The van der Waals surface area contributed by atoms with Crippen LogP contribution in [0.4, 0.5) is 24.5 Å². The lowest BCUT2D eigenvalue weighted by molar-refractivity contribution is -0.385. The molecule has 2 rings (SSSR count). The van der Waals surface area contributed by atoms with Gasteiger partial charge < -0.3 is 15.0 Å². The molecule has 0 aliphatic heterocycles. The molecule has 2 aromatic rings. The number of amides is 2. The summed E-state index contributed by atoms with van der Waals surface area (Å²) in [5, 5.41) is 13.4. The summed E-state index contributed by atoms with van der Waals surface area (Å²) in [5.41, 5.74) is -1.91. The molecule has 166 valence electrons. The Hall–Kier alpha value is -3.63. The van der Waals surface area contributed by atoms with Gasteiger partial charge in [0.2, 0.25) is 5.91 Å². The van der Waals surface area contributed by atoms with Crippen molar-refractivity contribution in [3.63, 3.8) is 0 Å². The van der Waals surface area contributed by atoms with E-state index in [0.717, 1.165) is 23.1 Å². The fourth-order valence-electron chi connectivity index (χ4n) is 2.78. The summed E-state index contributed by atoms with van der Waals surface area (Å²) in [6, 6.07) is 8.10. The second-order valence-electron chi connectivity index (χ2n) is 6.28. The summed E-state index contributed by atoms with van der Waals surface area (Å²) >= 11 is 0. The van der Waals surface area contributed by atoms with Gasteiger partial charge in [0.1, 0.15) is 6.54 Å². The number of nitrogens with zero attached hydrogens (tertiary/aromatic N) is 2. The van der Waals surface area contributed by atoms with Crippen molar-refractivity contribution in [2.24, 2.45) is 0 Å². The van der Waals surface area contributed by atoms with Gasteiger partial charge in [-0.05, 0) is 38.1 Å². The van der Waals surface area contributed by atoms with Crippen molar-refractivity contribution in [2.45, 2.75) is 20.0 Å². The molecule has 0 radical (unpaired) electrons. The van der Waals surface area contributed by atoms with Gasteiger partial charge in [-0.1, -0.05) is 12.1 Å². The van der Waals surface area contributed by atoms with E-state index in [1.807, 2.05) is 0 Å². The maximum Gasteiger partial charge on any atom is 0.418 e. The van der Waals surface area contributed by atoms with Gasteiger partial charge >= 0.3 is 11.9 Å². The van der Waals surface area contributed by atoms with E-state index >= 15 is 0 Å². The second-order valence-corrected chi connectivity index (χ2v) is 6.28. The van der Waals surface area contributed by atoms with Gasteiger partial charge in [0.05, 0.1) is 22.8 Å². The van der Waals surface area contributed by atoms with Crippen LogP contribution in [0.5, 0.6) is 5.75 Å². The third-order valence-corrected chi connectivity index (χ3v) is 4.21. The van der Waals surface area contributed by atoms with Crippen LogP contribution < -0.4 is 10.1 Å². The quantitative estimate of drug-likeness (QED) is 0.493. The predicted octanol–water partition coefficient (Wildman–Crippen LogP) is 4.11. The summed E-state index contributed by atoms with van der Waals surface area (Å²) in [7, 11) is 0. The van der Waals surface area contributed by atoms with Crippen molar-refractivity contribution in [3.05, 3.63) is 63.7 Å². The number of anilines is 1. The average Bonchev–Trinajstić information content (AvgIpc) is 2.71. The minimum absolute atomic E-state index is 0.00593. The Kier molecular flexibility index (Phi) is 7.56. The number of likely N-dealkylation sites (N-methyl/N-ethyl adjacent to an activating group) is 1. The number of carbonyl (C=O) groups excluding carboxylic acids is 2. The molecule has 0 fully saturated rings. The van der Waals surface area contributed by atoms with Crippen LogP contribution in [0.2, 0.25) is 0 Å². The molecule has 8 nitrogen and oxygen atoms in total. The Labute approximate surface area is 175 Å². The summed E-state index contributed by atoms with van der Waals surface area (Å²) < 4.78 is 44.4. The second kappa shape index (κ2) is 9.92. The van der Waals surface area contributed by atoms with Gasteiger partial charge in [0.25, 0.3) is 5.91 Å². The maximum absolute atomic E-state index is 13.1. The summed E-state index contributed by atoms with van der Waals surface area (Å²) in [6.07, 6.45) is -4.66. The zero-order valence-corrected chi connectivity index (χ0v) is 16.7. The van der Waals surface area contributed by atoms with Crippen LogP contribution in [0.25, 0.3) is 0 Å². The van der Waals surface area contributed by atoms with Gasteiger partial charge in [-0.2, -0.15) is 13.2 Å². The monoisotopic (exact) mass is 439 g/mol. The average molecular weight is 439 g/mol. The molecule has 2 amide bonds. The molecular weight excluding hydrogens is 419 g/mol. The molecule has 0 heterocycles. The van der Waals surface area contributed by atoms with Gasteiger partial charge in [0, 0.05) is 18.2 Å². The highest BCUT2D eigenvalue weighted by Gasteiger charge is 2.33. The van der Waals surface area contributed by atoms with E-state index in [-0.39, 0.29) is 24.5 Å². The number of alkyl halides is 3. The Morgan fingerprint density at radius 2 is 1.84 bits per heavy atom. The molecule has 0 bridgehead atoms. The van der Waals surface area contributed by atoms with E-state index in [1.54, 1.807) is 13.8 Å². The lowest BCUT2D eigenvalue weighted by atomic mass is 10.1. The molecule has 2 aromatic carbocycles. The molecular formula is C20H20F3N3O5. The first-order chi connectivity index (χ1) is 14.6. The van der Waals surface area contributed by atoms with Crippen molar-refractivity contribution in [1.29, 1.82) is 0 Å². The van der Waals surface area contributed by atoms with Crippen molar-refractivity contribution >= 4 is 23.2 Å². The fraction of sp³-hybridized carbons (Fsp3) is 0.300. The fourth-order valence-corrected chi connectivity index (χ4v) is 2.78. The number of para-hydroxylation sites is 1. The third kappa shape index (κ3) is 5.93. The number of ether oxygens (including phenoxy) is 1. The largest absolute Gasteiger partial charge is 0.487 e. The Morgan fingerprint density at radius 1 is 1.16 bits per heavy atom. The van der Waals surface area contributed by atoms with Gasteiger partial charge in [-0.15, -0.1) is 0 Å². The standard InChI is InChI=1S/C20H20F3N3O5/c1-3-25(12-18(27)24-15-8-6-5-7-14(15)20(21,22)23)19(28)13-9-10-17(31-4-2)16(11-13)26(29)30/h5-11H,3-4,12H2,1-2H3,(H,24,27). The van der Waals surface area contributed by atoms with Crippen LogP contribution in [0.15, 0.2) is 42.5 Å². The highest BCUT2D eigenvalue weighted by Crippen LogP contribution is 2.34. The Morgan fingerprint density at radius 3 is 2.42 bits per heavy atom. The number of hydrogen-bond acceptors (Lipinski definition) is 5. The number of nitro groups is 1. The minimum atomic E-state index is -4.66. The summed E-state index contributed by atoms with van der Waals surface area (Å²) in [5.74, 6) is -1.53. The summed E-state index contributed by atoms with van der Waals surface area (Å²) in [6.45, 7) is 2.92. The molecule has 0 saturated heterocycles. The van der Waals surface area contributed by atoms with E-state index in [1.165, 1.54) is 24.3 Å². The van der Waals surface area contributed by atoms with E-state index in [9.17, 15) is 32.9 Å². The molecule has 0 atom stereocenters. The van der Waals surface area contributed by atoms with Gasteiger partial charge in [0.15, 0.2) is 5.75 Å². The van der Waals surface area contributed by atoms with E-state index in [2.05, 4.69) is 5.32 Å². The summed E-state index contributed by atoms with van der Waals surface area (Å²) in [4.78, 5) is 36.7. The third-order valence-electron chi connectivity index (χ3n) is 4.21. The van der Waals surface area contributed by atoms with E-state index < -0.39 is 46.4 Å². The number of nitrogens with one attached hydrogen (secondary N) is 1. The Bertz CT molecular complexity index is 979. The molecule has 0 saturated carbocycles. The van der Waals surface area contributed by atoms with Crippen LogP contribution in [0.1, 0.15) is 29.8 Å². The molecule has 0 unspecified atom stereocenters. The van der Waals surface area contributed by atoms with E-state index in [4.69, 9.17) is 4.74 Å². The Balaban J connectivity index is 2.20.